The zero-order chi connectivity index (χ0) is 8.72. The molecule has 0 radical (unpaired) electrons. The lowest BCUT2D eigenvalue weighted by Crippen LogP contribution is -2.22. The number of carbonyl (C=O) groups excluding carboxylic acids is 1. The van der Waals surface area contributed by atoms with E-state index in [4.69, 9.17) is 5.73 Å². The van der Waals surface area contributed by atoms with Gasteiger partial charge in [-0.1, -0.05) is 0 Å². The van der Waals surface area contributed by atoms with Crippen LogP contribution in [0.4, 0.5) is 10.5 Å². The Morgan fingerprint density at radius 1 is 1.33 bits per heavy atom. The van der Waals surface area contributed by atoms with Gasteiger partial charge < -0.3 is 10.8 Å². The second kappa shape index (κ2) is 2.04. The van der Waals surface area contributed by atoms with Crippen molar-refractivity contribution in [1.29, 1.82) is 0 Å². The number of urea groups is 1. The normalized spacial score (nSPS) is 13.5. The van der Waals surface area contributed by atoms with Crippen LogP contribution in [0.2, 0.25) is 0 Å². The molecule has 1 heterocycles. The Bertz CT molecular complexity index is 478. The molecule has 1 aromatic rings. The minimum absolute atomic E-state index is 0.167. The lowest BCUT2D eigenvalue weighted by atomic mass is 10.3. The number of fused-ring (bicyclic) bond motifs is 1. The minimum atomic E-state index is -0.606. The lowest BCUT2D eigenvalue weighted by molar-refractivity contribution is 0.256. The molecular formula is C7H5N3O2. The van der Waals surface area contributed by atoms with E-state index in [0.29, 0.717) is 5.36 Å². The zero-order valence-electron chi connectivity index (χ0n) is 5.98. The average Bonchev–Trinajstić information content (AvgIpc) is 2.39. The Morgan fingerprint density at radius 2 is 2.08 bits per heavy atom. The third-order valence-electron chi connectivity index (χ3n) is 1.58. The number of phenols is 1. The van der Waals surface area contributed by atoms with Gasteiger partial charge in [0.1, 0.15) is 5.36 Å². The predicted molar refractivity (Wildman–Crippen MR) is 40.2 cm³/mol. The molecule has 60 valence electrons. The van der Waals surface area contributed by atoms with Gasteiger partial charge in [-0.05, 0) is 12.1 Å². The molecule has 5 heteroatoms. The van der Waals surface area contributed by atoms with E-state index in [1.54, 1.807) is 6.07 Å². The number of rotatable bonds is 0. The number of nitrogen functional groups attached to an aromatic ring is 1. The molecule has 0 unspecified atom stereocenters. The molecule has 1 aliphatic heterocycles. The van der Waals surface area contributed by atoms with E-state index in [1.807, 2.05) is 0 Å². The van der Waals surface area contributed by atoms with E-state index in [2.05, 4.69) is 9.98 Å². The summed E-state index contributed by atoms with van der Waals surface area (Å²) in [6.45, 7) is 0. The van der Waals surface area contributed by atoms with Crippen molar-refractivity contribution in [3.63, 3.8) is 0 Å². The van der Waals surface area contributed by atoms with Crippen molar-refractivity contribution < 1.29 is 9.90 Å². The van der Waals surface area contributed by atoms with Gasteiger partial charge in [0.05, 0.1) is 11.0 Å². The molecule has 0 fully saturated rings. The van der Waals surface area contributed by atoms with Crippen LogP contribution in [0.15, 0.2) is 22.1 Å². The standard InChI is InChI=1S/C7H5N3O2/c8-3-1-2-4-5(6(3)11)10-7(12)9-4/h1-2,11H,8H2. The van der Waals surface area contributed by atoms with Crippen molar-refractivity contribution in [2.75, 3.05) is 5.73 Å². The van der Waals surface area contributed by atoms with E-state index in [9.17, 15) is 9.90 Å². The molecule has 0 bridgehead atoms. The molecule has 0 saturated heterocycles. The molecule has 1 aromatic carbocycles. The first-order chi connectivity index (χ1) is 5.68. The first-order valence-electron chi connectivity index (χ1n) is 3.27. The molecule has 2 amide bonds. The van der Waals surface area contributed by atoms with Crippen molar-refractivity contribution >= 4 is 11.7 Å². The fraction of sp³-hybridized carbons (Fsp3) is 0. The Labute approximate surface area is 66.9 Å². The first kappa shape index (κ1) is 6.78. The van der Waals surface area contributed by atoms with Crippen LogP contribution in [0.3, 0.4) is 0 Å². The quantitative estimate of drug-likeness (QED) is 0.393. The summed E-state index contributed by atoms with van der Waals surface area (Å²) >= 11 is 0. The average molecular weight is 163 g/mol. The van der Waals surface area contributed by atoms with Gasteiger partial charge in [0.15, 0.2) is 5.75 Å². The maximum absolute atomic E-state index is 10.7. The van der Waals surface area contributed by atoms with Gasteiger partial charge in [-0.15, -0.1) is 0 Å². The second-order valence-corrected chi connectivity index (χ2v) is 2.38. The molecule has 0 atom stereocenters. The van der Waals surface area contributed by atoms with E-state index < -0.39 is 6.03 Å². The molecule has 0 saturated carbocycles. The Hall–Kier alpha value is -1.91. The molecular weight excluding hydrogens is 158 g/mol. The predicted octanol–water partition coefficient (Wildman–Crippen LogP) is -0.653. The Balaban J connectivity index is 2.96. The molecule has 5 nitrogen and oxygen atoms in total. The van der Waals surface area contributed by atoms with Gasteiger partial charge in [-0.3, -0.25) is 0 Å². The number of nitrogens with zero attached hydrogens (tertiary/aromatic N) is 2. The highest BCUT2D eigenvalue weighted by atomic mass is 16.3. The van der Waals surface area contributed by atoms with Crippen LogP contribution >= 0.6 is 0 Å². The van der Waals surface area contributed by atoms with Gasteiger partial charge in [-0.25, -0.2) is 4.79 Å². The topological polar surface area (TPSA) is 88.0 Å². The van der Waals surface area contributed by atoms with Crippen LogP contribution in [0.25, 0.3) is 0 Å². The second-order valence-electron chi connectivity index (χ2n) is 2.38. The first-order valence-corrected chi connectivity index (χ1v) is 3.27. The number of phenolic OH excluding ortho intramolecular Hbond substituents is 1. The smallest absolute Gasteiger partial charge is 0.368 e. The van der Waals surface area contributed by atoms with E-state index in [1.165, 1.54) is 6.07 Å². The van der Waals surface area contributed by atoms with E-state index in [-0.39, 0.29) is 16.8 Å². The maximum atomic E-state index is 10.7. The lowest BCUT2D eigenvalue weighted by Gasteiger charge is -1.93. The van der Waals surface area contributed by atoms with Gasteiger partial charge in [0.2, 0.25) is 0 Å². The highest BCUT2D eigenvalue weighted by molar-refractivity contribution is 5.78. The fourth-order valence-electron chi connectivity index (χ4n) is 1.01. The summed E-state index contributed by atoms with van der Waals surface area (Å²) in [5, 5.41) is 9.84. The van der Waals surface area contributed by atoms with Crippen LogP contribution in [-0.2, 0) is 0 Å². The summed E-state index contributed by atoms with van der Waals surface area (Å²) in [4.78, 5) is 17.7. The molecule has 0 aromatic heterocycles. The van der Waals surface area contributed by atoms with Gasteiger partial charge in [-0.2, -0.15) is 9.98 Å². The monoisotopic (exact) mass is 163 g/mol. The van der Waals surface area contributed by atoms with Crippen LogP contribution in [0, 0.1) is 0 Å². The number of amides is 2. The molecule has 0 spiro atoms. The van der Waals surface area contributed by atoms with Crippen molar-refractivity contribution in [2.45, 2.75) is 0 Å². The van der Waals surface area contributed by atoms with Crippen molar-refractivity contribution in [3.8, 4) is 5.75 Å². The number of nitrogens with two attached hydrogens (primary N) is 1. The van der Waals surface area contributed by atoms with E-state index in [0.717, 1.165) is 0 Å². The van der Waals surface area contributed by atoms with Gasteiger partial charge in [0.25, 0.3) is 0 Å². The zero-order valence-corrected chi connectivity index (χ0v) is 5.98. The number of anilines is 1. The van der Waals surface area contributed by atoms with Crippen molar-refractivity contribution in [1.82, 2.24) is 0 Å². The summed E-state index contributed by atoms with van der Waals surface area (Å²) in [5.74, 6) is -0.179. The largest absolute Gasteiger partial charge is 0.504 e. The summed E-state index contributed by atoms with van der Waals surface area (Å²) in [6, 6.07) is 2.41. The number of aromatic hydroxyl groups is 1. The highest BCUT2D eigenvalue weighted by Crippen LogP contribution is 2.10. The van der Waals surface area contributed by atoms with E-state index >= 15 is 0 Å². The van der Waals surface area contributed by atoms with Crippen LogP contribution < -0.4 is 16.4 Å². The maximum Gasteiger partial charge on any atom is 0.368 e. The summed E-state index contributed by atoms with van der Waals surface area (Å²) in [6.07, 6.45) is 0. The highest BCUT2D eigenvalue weighted by Gasteiger charge is 2.09. The summed E-state index contributed by atoms with van der Waals surface area (Å²) in [7, 11) is 0. The van der Waals surface area contributed by atoms with Crippen LogP contribution in [0.1, 0.15) is 0 Å². The minimum Gasteiger partial charge on any atom is -0.504 e. The number of carbonyl (C=O) groups is 1. The third-order valence-corrected chi connectivity index (χ3v) is 1.58. The van der Waals surface area contributed by atoms with Gasteiger partial charge >= 0.3 is 6.03 Å². The van der Waals surface area contributed by atoms with Gasteiger partial charge in [0, 0.05) is 0 Å². The molecule has 2 rings (SSSR count). The Morgan fingerprint density at radius 3 is 2.83 bits per heavy atom. The van der Waals surface area contributed by atoms with Crippen molar-refractivity contribution in [2.24, 2.45) is 9.98 Å². The molecule has 0 aliphatic carbocycles. The Kier molecular flexibility index (Phi) is 1.15. The number of benzene rings is 1. The molecule has 3 N–H and O–H groups in total. The number of hydrogen-bond donors (Lipinski definition) is 2. The summed E-state index contributed by atoms with van der Waals surface area (Å²) < 4.78 is 0. The third kappa shape index (κ3) is 0.763. The number of hydrogen-bond acceptors (Lipinski definition) is 3. The molecule has 12 heavy (non-hydrogen) atoms. The summed E-state index contributed by atoms with van der Waals surface area (Å²) in [5.41, 5.74) is 5.57. The van der Waals surface area contributed by atoms with Crippen LogP contribution in [-0.4, -0.2) is 11.1 Å². The van der Waals surface area contributed by atoms with Crippen molar-refractivity contribution in [3.05, 3.63) is 22.8 Å². The SMILES string of the molecule is Nc1ccc2c(c1O)=NC(=O)N=2. The van der Waals surface area contributed by atoms with Crippen LogP contribution in [0.5, 0.6) is 5.75 Å². The molecule has 1 aliphatic rings. The fourth-order valence-corrected chi connectivity index (χ4v) is 1.01.